The van der Waals surface area contributed by atoms with Gasteiger partial charge in [-0.2, -0.15) is 0 Å². The standard InChI is InChI=1S/C47H59N9O8/c1-25-39(26(2)52-41(51-25)31-8-10-34-29(23-31)13-15-47(34,4)5)43(58)54-35(14-16-48)45(60)56(6)40-30-9-12-38(64-20-18-50)33(24-30)32-21-28(7-11-37(32)63-19-17-49)22-36(46(61)62)55-42(57)27(3)53-44(40)59/h7-12,21,23-24,27,35-36,40H,13-20,22,48-50H2,1-6H3,(H,53,59)(H,54,58)(H,55,57)(H,61,62). The van der Waals surface area contributed by atoms with Crippen molar-refractivity contribution in [1.82, 2.24) is 30.8 Å². The Bertz CT molecular complexity index is 2420. The van der Waals surface area contributed by atoms with Crippen LogP contribution in [0.15, 0.2) is 54.6 Å². The predicted octanol–water partition coefficient (Wildman–Crippen LogP) is 2.60. The Balaban J connectivity index is 1.38. The molecule has 17 heteroatoms. The molecule has 17 nitrogen and oxygen atoms in total. The fourth-order valence-electron chi connectivity index (χ4n) is 8.46. The van der Waals surface area contributed by atoms with Crippen LogP contribution < -0.4 is 42.6 Å². The summed E-state index contributed by atoms with van der Waals surface area (Å²) in [5.74, 6) is -2.82. The number of aromatic nitrogens is 2. The molecule has 4 aromatic rings. The summed E-state index contributed by atoms with van der Waals surface area (Å²) in [5, 5.41) is 18.2. The zero-order valence-corrected chi connectivity index (χ0v) is 37.2. The Morgan fingerprint density at radius 2 is 1.53 bits per heavy atom. The average Bonchev–Trinajstić information content (AvgIpc) is 3.56. The number of likely N-dealkylation sites (N-methyl/N-ethyl adjacent to an activating group) is 1. The molecule has 2 heterocycles. The number of nitrogens with one attached hydrogen (secondary N) is 3. The van der Waals surface area contributed by atoms with E-state index >= 15 is 0 Å². The number of carbonyl (C=O) groups excluding carboxylic acids is 4. The topological polar surface area (TPSA) is 267 Å². The Labute approximate surface area is 372 Å². The van der Waals surface area contributed by atoms with Gasteiger partial charge in [0.1, 0.15) is 48.9 Å². The van der Waals surface area contributed by atoms with E-state index < -0.39 is 53.8 Å². The van der Waals surface area contributed by atoms with Crippen molar-refractivity contribution in [1.29, 1.82) is 0 Å². The summed E-state index contributed by atoms with van der Waals surface area (Å²) >= 11 is 0. The van der Waals surface area contributed by atoms with Crippen LogP contribution >= 0.6 is 0 Å². The summed E-state index contributed by atoms with van der Waals surface area (Å²) < 4.78 is 12.1. The van der Waals surface area contributed by atoms with E-state index in [9.17, 15) is 29.1 Å². The molecular weight excluding hydrogens is 819 g/mol. The van der Waals surface area contributed by atoms with Crippen molar-refractivity contribution in [3.05, 3.63) is 93.8 Å². The van der Waals surface area contributed by atoms with Crippen LogP contribution in [0.3, 0.4) is 0 Å². The minimum Gasteiger partial charge on any atom is -0.492 e. The molecule has 6 rings (SSSR count). The normalized spacial score (nSPS) is 18.4. The first-order chi connectivity index (χ1) is 30.5. The number of hydrogen-bond acceptors (Lipinski definition) is 12. The van der Waals surface area contributed by atoms with Crippen LogP contribution in [0.25, 0.3) is 22.5 Å². The number of nitrogens with zero attached hydrogens (tertiary/aromatic N) is 3. The number of carbonyl (C=O) groups is 5. The molecule has 0 saturated heterocycles. The van der Waals surface area contributed by atoms with Crippen molar-refractivity contribution in [2.24, 2.45) is 17.2 Å². The van der Waals surface area contributed by atoms with E-state index in [4.69, 9.17) is 36.6 Å². The predicted molar refractivity (Wildman–Crippen MR) is 241 cm³/mol. The summed E-state index contributed by atoms with van der Waals surface area (Å²) in [7, 11) is 1.41. The maximum atomic E-state index is 14.7. The van der Waals surface area contributed by atoms with Gasteiger partial charge < -0.3 is 52.6 Å². The molecule has 4 atom stereocenters. The number of aliphatic carboxylic acids is 1. The number of aryl methyl sites for hydroxylation is 3. The van der Waals surface area contributed by atoms with Crippen LogP contribution in [0.2, 0.25) is 0 Å². The Morgan fingerprint density at radius 3 is 2.16 bits per heavy atom. The summed E-state index contributed by atoms with van der Waals surface area (Å²) in [4.78, 5) is 79.8. The molecule has 4 amide bonds. The maximum Gasteiger partial charge on any atom is 0.326 e. The molecule has 1 aliphatic heterocycles. The first-order valence-electron chi connectivity index (χ1n) is 21.5. The van der Waals surface area contributed by atoms with Gasteiger partial charge in [-0.05, 0) is 105 Å². The lowest BCUT2D eigenvalue weighted by Gasteiger charge is -2.32. The number of nitrogens with two attached hydrogens (primary N) is 3. The van der Waals surface area contributed by atoms with Gasteiger partial charge in [0.25, 0.3) is 5.91 Å². The molecule has 4 bridgehead atoms. The lowest BCUT2D eigenvalue weighted by molar-refractivity contribution is -0.143. The lowest BCUT2D eigenvalue weighted by atomic mass is 9.86. The molecule has 64 heavy (non-hydrogen) atoms. The van der Waals surface area contributed by atoms with E-state index in [1.165, 1.54) is 30.0 Å². The molecule has 4 unspecified atom stereocenters. The highest BCUT2D eigenvalue weighted by atomic mass is 16.5. The fourth-order valence-corrected chi connectivity index (χ4v) is 8.46. The van der Waals surface area contributed by atoms with E-state index in [-0.39, 0.29) is 56.7 Å². The third-order valence-corrected chi connectivity index (χ3v) is 11.9. The van der Waals surface area contributed by atoms with E-state index in [1.54, 1.807) is 50.2 Å². The average molecular weight is 878 g/mol. The highest BCUT2D eigenvalue weighted by Crippen LogP contribution is 2.41. The number of rotatable bonds is 14. The highest BCUT2D eigenvalue weighted by Gasteiger charge is 2.37. The maximum absolute atomic E-state index is 14.7. The minimum absolute atomic E-state index is 0.00508. The Hall–Kier alpha value is -6.43. The van der Waals surface area contributed by atoms with Gasteiger partial charge in [-0.25, -0.2) is 14.8 Å². The van der Waals surface area contributed by atoms with Crippen molar-refractivity contribution < 1.29 is 38.6 Å². The van der Waals surface area contributed by atoms with Crippen LogP contribution in [-0.4, -0.2) is 108 Å². The number of carboxylic acid groups (broad SMARTS) is 1. The molecule has 0 radical (unpaired) electrons. The molecule has 1 aromatic heterocycles. The van der Waals surface area contributed by atoms with Crippen LogP contribution in [0, 0.1) is 13.8 Å². The zero-order valence-electron chi connectivity index (χ0n) is 37.2. The van der Waals surface area contributed by atoms with Crippen molar-refractivity contribution in [2.45, 2.75) is 89.9 Å². The van der Waals surface area contributed by atoms with E-state index in [2.05, 4.69) is 41.9 Å². The van der Waals surface area contributed by atoms with Gasteiger partial charge in [0.05, 0.1) is 17.0 Å². The second kappa shape index (κ2) is 20.0. The van der Waals surface area contributed by atoms with Crippen molar-refractivity contribution in [3.63, 3.8) is 0 Å². The number of amides is 4. The van der Waals surface area contributed by atoms with Gasteiger partial charge in [-0.1, -0.05) is 38.1 Å². The summed E-state index contributed by atoms with van der Waals surface area (Å²) in [6, 6.07) is 11.1. The van der Waals surface area contributed by atoms with Crippen LogP contribution in [0.4, 0.5) is 0 Å². The minimum atomic E-state index is -1.40. The molecule has 3 aromatic carbocycles. The number of ether oxygens (including phenoxy) is 2. The van der Waals surface area contributed by atoms with Gasteiger partial charge in [0.2, 0.25) is 17.7 Å². The summed E-state index contributed by atoms with van der Waals surface area (Å²) in [6.45, 7) is 9.98. The van der Waals surface area contributed by atoms with Crippen LogP contribution in [0.5, 0.6) is 11.5 Å². The van der Waals surface area contributed by atoms with Gasteiger partial charge in [0, 0.05) is 43.2 Å². The SMILES string of the molecule is Cc1nc(-c2ccc3c(c2)CCC3(C)C)nc(C)c1C(=O)NC(CCN)C(=O)N(C)C1C(=O)NC(C)C(=O)NC(C(=O)O)Cc2ccc(OCCN)c(c2)-c2cc1ccc2OCCN. The lowest BCUT2D eigenvalue weighted by Crippen LogP contribution is -2.55. The van der Waals surface area contributed by atoms with Gasteiger partial charge in [-0.15, -0.1) is 0 Å². The molecule has 1 aliphatic carbocycles. The second-order valence-electron chi connectivity index (χ2n) is 17.0. The largest absolute Gasteiger partial charge is 0.492 e. The van der Waals surface area contributed by atoms with Crippen LogP contribution in [-0.2, 0) is 37.4 Å². The third kappa shape index (κ3) is 10.2. The van der Waals surface area contributed by atoms with Crippen molar-refractivity contribution in [3.8, 4) is 34.0 Å². The molecule has 0 fully saturated rings. The van der Waals surface area contributed by atoms with E-state index in [0.29, 0.717) is 51.0 Å². The quantitative estimate of drug-likeness (QED) is 0.0962. The van der Waals surface area contributed by atoms with Crippen molar-refractivity contribution in [2.75, 3.05) is 39.9 Å². The molecule has 0 spiro atoms. The second-order valence-corrected chi connectivity index (χ2v) is 17.0. The number of benzene rings is 3. The Kier molecular flexibility index (Phi) is 14.7. The first-order valence-corrected chi connectivity index (χ1v) is 21.5. The Morgan fingerprint density at radius 1 is 0.891 bits per heavy atom. The molecular formula is C47H59N9O8. The third-order valence-electron chi connectivity index (χ3n) is 11.9. The van der Waals surface area contributed by atoms with E-state index in [1.807, 2.05) is 6.07 Å². The summed E-state index contributed by atoms with van der Waals surface area (Å²) in [5.41, 5.74) is 24.0. The van der Waals surface area contributed by atoms with Crippen LogP contribution in [0.1, 0.15) is 83.7 Å². The monoisotopic (exact) mass is 877 g/mol. The summed E-state index contributed by atoms with van der Waals surface area (Å²) in [6.07, 6.45) is 1.92. The van der Waals surface area contributed by atoms with Crippen molar-refractivity contribution >= 4 is 29.6 Å². The smallest absolute Gasteiger partial charge is 0.326 e. The molecule has 10 N–H and O–H groups in total. The molecule has 2 aliphatic rings. The zero-order chi connectivity index (χ0) is 46.5. The highest BCUT2D eigenvalue weighted by molar-refractivity contribution is 6.00. The fraction of sp³-hybridized carbons (Fsp3) is 0.426. The molecule has 340 valence electrons. The molecule has 0 saturated carbocycles. The first kappa shape index (κ1) is 47.1. The number of carboxylic acids is 1. The number of fused-ring (bicyclic) bond motifs is 6. The van der Waals surface area contributed by atoms with Gasteiger partial charge in [0.15, 0.2) is 5.82 Å². The number of hydrogen-bond donors (Lipinski definition) is 7. The van der Waals surface area contributed by atoms with Gasteiger partial charge >= 0.3 is 5.97 Å². The van der Waals surface area contributed by atoms with Gasteiger partial charge in [-0.3, -0.25) is 19.2 Å². The van der Waals surface area contributed by atoms with E-state index in [0.717, 1.165) is 18.4 Å².